The topological polar surface area (TPSA) is 81.0 Å². The Bertz CT molecular complexity index is 1040. The molecule has 0 spiro atoms. The third kappa shape index (κ3) is 2.91. The van der Waals surface area contributed by atoms with E-state index >= 15 is 0 Å². The number of hydrogen-bond acceptors (Lipinski definition) is 5. The predicted molar refractivity (Wildman–Crippen MR) is 96.7 cm³/mol. The Hall–Kier alpha value is -2.58. The van der Waals surface area contributed by atoms with E-state index in [-0.39, 0.29) is 11.6 Å². The average molecular weight is 369 g/mol. The Morgan fingerprint density at radius 1 is 1.12 bits per heavy atom. The lowest BCUT2D eigenvalue weighted by atomic mass is 10.1. The summed E-state index contributed by atoms with van der Waals surface area (Å²) >= 11 is 0. The molecule has 0 fully saturated rings. The molecule has 0 saturated heterocycles. The monoisotopic (exact) mass is 369 g/mol. The van der Waals surface area contributed by atoms with E-state index < -0.39 is 10.0 Å². The van der Waals surface area contributed by atoms with Gasteiger partial charge in [-0.1, -0.05) is 30.3 Å². The zero-order valence-corrected chi connectivity index (χ0v) is 15.4. The first kappa shape index (κ1) is 16.9. The lowest BCUT2D eigenvalue weighted by molar-refractivity contribution is 0.385. The van der Waals surface area contributed by atoms with Gasteiger partial charge in [-0.05, 0) is 6.92 Å². The molecule has 2 aromatic heterocycles. The molecule has 0 radical (unpaired) electrons. The molecule has 0 N–H and O–H groups in total. The van der Waals surface area contributed by atoms with Gasteiger partial charge in [0.1, 0.15) is 5.82 Å². The number of imidazole rings is 1. The fourth-order valence-corrected chi connectivity index (χ4v) is 4.45. The van der Waals surface area contributed by atoms with Crippen molar-refractivity contribution in [1.29, 1.82) is 0 Å². The largest absolute Gasteiger partial charge is 0.337 e. The minimum absolute atomic E-state index is 0.0859. The summed E-state index contributed by atoms with van der Waals surface area (Å²) in [6, 6.07) is 9.77. The zero-order chi connectivity index (χ0) is 18.3. The molecular formula is C18H19N5O2S. The fraction of sp³-hybridized carbons (Fsp3) is 0.278. The molecule has 0 atom stereocenters. The third-order valence-corrected chi connectivity index (χ3v) is 6.34. The number of hydrogen-bond donors (Lipinski definition) is 0. The van der Waals surface area contributed by atoms with Gasteiger partial charge < -0.3 is 4.57 Å². The molecule has 0 unspecified atom stereocenters. The number of sulfonamides is 1. The van der Waals surface area contributed by atoms with Crippen molar-refractivity contribution < 1.29 is 8.42 Å². The van der Waals surface area contributed by atoms with Crippen LogP contribution in [0, 0.1) is 6.92 Å². The first-order chi connectivity index (χ1) is 12.4. The van der Waals surface area contributed by atoms with E-state index in [1.807, 2.05) is 30.3 Å². The van der Waals surface area contributed by atoms with Gasteiger partial charge in [0.15, 0.2) is 10.9 Å². The summed E-state index contributed by atoms with van der Waals surface area (Å²) in [6.07, 6.45) is 3.84. The lowest BCUT2D eigenvalue weighted by Gasteiger charge is -2.26. The van der Waals surface area contributed by atoms with Crippen LogP contribution in [-0.4, -0.2) is 38.8 Å². The summed E-state index contributed by atoms with van der Waals surface area (Å²) in [5, 5.41) is 0.0859. The lowest BCUT2D eigenvalue weighted by Crippen LogP contribution is -2.36. The molecule has 0 saturated carbocycles. The van der Waals surface area contributed by atoms with Gasteiger partial charge in [-0.3, -0.25) is 0 Å². The number of nitrogens with zero attached hydrogens (tertiary/aromatic N) is 5. The molecule has 0 bridgehead atoms. The summed E-state index contributed by atoms with van der Waals surface area (Å²) in [6.45, 7) is 2.43. The Labute approximate surface area is 152 Å². The smallest absolute Gasteiger partial charge is 0.262 e. The Kier molecular flexibility index (Phi) is 4.08. The Morgan fingerprint density at radius 3 is 2.58 bits per heavy atom. The van der Waals surface area contributed by atoms with E-state index in [0.29, 0.717) is 24.6 Å². The van der Waals surface area contributed by atoms with Gasteiger partial charge in [0.2, 0.25) is 0 Å². The second-order valence-electron chi connectivity index (χ2n) is 6.36. The molecule has 7 nitrogen and oxygen atoms in total. The molecule has 1 aliphatic rings. The van der Waals surface area contributed by atoms with Crippen molar-refractivity contribution in [1.82, 2.24) is 23.8 Å². The van der Waals surface area contributed by atoms with Gasteiger partial charge >= 0.3 is 0 Å². The van der Waals surface area contributed by atoms with Crippen LogP contribution < -0.4 is 0 Å². The van der Waals surface area contributed by atoms with Crippen LogP contribution in [0.1, 0.15) is 17.1 Å². The maximum atomic E-state index is 12.9. The molecule has 3 aromatic rings. The molecule has 26 heavy (non-hydrogen) atoms. The van der Waals surface area contributed by atoms with Gasteiger partial charge in [0, 0.05) is 50.1 Å². The minimum Gasteiger partial charge on any atom is -0.337 e. The standard InChI is InChI=1S/C18H19N5O2S/c1-13-20-17(12-22(13)2)26(24,25)23-9-8-16-15(11-23)10-19-18(21-16)14-6-4-3-5-7-14/h3-7,10,12H,8-9,11H2,1-2H3. The predicted octanol–water partition coefficient (Wildman–Crippen LogP) is 1.93. The van der Waals surface area contributed by atoms with Crippen LogP contribution in [-0.2, 0) is 30.0 Å². The number of aryl methyl sites for hydroxylation is 2. The number of aromatic nitrogens is 4. The average Bonchev–Trinajstić information content (AvgIpc) is 3.01. The normalized spacial score (nSPS) is 15.0. The molecule has 0 amide bonds. The zero-order valence-electron chi connectivity index (χ0n) is 14.6. The second-order valence-corrected chi connectivity index (χ2v) is 8.24. The van der Waals surface area contributed by atoms with Crippen LogP contribution in [0.25, 0.3) is 11.4 Å². The van der Waals surface area contributed by atoms with Gasteiger partial charge in [0.25, 0.3) is 10.0 Å². The summed E-state index contributed by atoms with van der Waals surface area (Å²) in [5.74, 6) is 1.33. The molecule has 0 aliphatic carbocycles. The molecule has 134 valence electrons. The number of fused-ring (bicyclic) bond motifs is 1. The third-order valence-electron chi connectivity index (χ3n) is 4.62. The highest BCUT2D eigenvalue weighted by Crippen LogP contribution is 2.25. The van der Waals surface area contributed by atoms with Crippen LogP contribution >= 0.6 is 0 Å². The first-order valence-corrected chi connectivity index (χ1v) is 9.79. The van der Waals surface area contributed by atoms with Crippen molar-refractivity contribution in [3.8, 4) is 11.4 Å². The maximum absolute atomic E-state index is 12.9. The van der Waals surface area contributed by atoms with Crippen LogP contribution in [0.4, 0.5) is 0 Å². The van der Waals surface area contributed by atoms with Crippen LogP contribution in [0.5, 0.6) is 0 Å². The van der Waals surface area contributed by atoms with Crippen molar-refractivity contribution in [3.05, 3.63) is 59.8 Å². The van der Waals surface area contributed by atoms with Crippen LogP contribution in [0.3, 0.4) is 0 Å². The van der Waals surface area contributed by atoms with Crippen molar-refractivity contribution in [2.45, 2.75) is 24.9 Å². The van der Waals surface area contributed by atoms with E-state index in [4.69, 9.17) is 0 Å². The first-order valence-electron chi connectivity index (χ1n) is 8.35. The van der Waals surface area contributed by atoms with Gasteiger partial charge in [0.05, 0.1) is 5.69 Å². The van der Waals surface area contributed by atoms with Crippen molar-refractivity contribution >= 4 is 10.0 Å². The summed E-state index contributed by atoms with van der Waals surface area (Å²) in [7, 11) is -1.84. The van der Waals surface area contributed by atoms with Gasteiger partial charge in [-0.15, -0.1) is 0 Å². The van der Waals surface area contributed by atoms with E-state index in [1.54, 1.807) is 30.9 Å². The molecule has 8 heteroatoms. The Balaban J connectivity index is 1.62. The maximum Gasteiger partial charge on any atom is 0.262 e. The summed E-state index contributed by atoms with van der Waals surface area (Å²) in [4.78, 5) is 13.2. The molecule has 4 rings (SSSR count). The molecule has 3 heterocycles. The number of benzene rings is 1. The van der Waals surface area contributed by atoms with E-state index in [2.05, 4.69) is 15.0 Å². The van der Waals surface area contributed by atoms with E-state index in [0.717, 1.165) is 16.8 Å². The highest BCUT2D eigenvalue weighted by Gasteiger charge is 2.31. The summed E-state index contributed by atoms with van der Waals surface area (Å²) < 4.78 is 28.9. The van der Waals surface area contributed by atoms with Gasteiger partial charge in [-0.2, -0.15) is 4.31 Å². The van der Waals surface area contributed by atoms with E-state index in [1.165, 1.54) is 4.31 Å². The quantitative estimate of drug-likeness (QED) is 0.705. The molecular weight excluding hydrogens is 350 g/mol. The van der Waals surface area contributed by atoms with Gasteiger partial charge in [-0.25, -0.2) is 23.4 Å². The molecule has 1 aromatic carbocycles. The highest BCUT2D eigenvalue weighted by atomic mass is 32.2. The summed E-state index contributed by atoms with van der Waals surface area (Å²) in [5.41, 5.74) is 2.70. The second kappa shape index (κ2) is 6.30. The van der Waals surface area contributed by atoms with E-state index in [9.17, 15) is 8.42 Å². The fourth-order valence-electron chi connectivity index (χ4n) is 3.00. The van der Waals surface area contributed by atoms with Crippen molar-refractivity contribution in [2.24, 2.45) is 7.05 Å². The minimum atomic E-state index is -3.62. The van der Waals surface area contributed by atoms with Crippen molar-refractivity contribution in [2.75, 3.05) is 6.54 Å². The SMILES string of the molecule is Cc1nc(S(=O)(=O)N2CCc3nc(-c4ccccc4)ncc3C2)cn1C. The molecule has 1 aliphatic heterocycles. The van der Waals surface area contributed by atoms with Crippen LogP contribution in [0.2, 0.25) is 0 Å². The van der Waals surface area contributed by atoms with Crippen molar-refractivity contribution in [3.63, 3.8) is 0 Å². The van der Waals surface area contributed by atoms with Crippen LogP contribution in [0.15, 0.2) is 47.8 Å². The number of rotatable bonds is 3. The highest BCUT2D eigenvalue weighted by molar-refractivity contribution is 7.89. The Morgan fingerprint density at radius 2 is 1.88 bits per heavy atom.